The molecule has 2 aromatic heterocycles. The summed E-state index contributed by atoms with van der Waals surface area (Å²) in [6, 6.07) is 2.03. The molecule has 0 aliphatic rings. The van der Waals surface area contributed by atoms with Crippen molar-refractivity contribution in [2.45, 2.75) is 40.3 Å². The van der Waals surface area contributed by atoms with Gasteiger partial charge in [-0.05, 0) is 33.8 Å². The fourth-order valence-corrected chi connectivity index (χ4v) is 2.98. The first-order valence-electron chi connectivity index (χ1n) is 6.50. The van der Waals surface area contributed by atoms with Crippen molar-refractivity contribution in [1.82, 2.24) is 9.78 Å². The van der Waals surface area contributed by atoms with E-state index in [2.05, 4.69) is 24.3 Å². The smallest absolute Gasteiger partial charge is 0.336 e. The molecule has 20 heavy (non-hydrogen) atoms. The number of nitrogens with zero attached hydrogens (tertiary/aromatic N) is 2. The van der Waals surface area contributed by atoms with E-state index in [-0.39, 0.29) is 0 Å². The summed E-state index contributed by atoms with van der Waals surface area (Å²) in [6.45, 7) is 8.83. The molecule has 0 bridgehead atoms. The Morgan fingerprint density at radius 2 is 2.20 bits per heavy atom. The Kier molecular flexibility index (Phi) is 4.13. The van der Waals surface area contributed by atoms with Gasteiger partial charge in [-0.2, -0.15) is 5.10 Å². The van der Waals surface area contributed by atoms with Crippen molar-refractivity contribution >= 4 is 23.0 Å². The minimum absolute atomic E-state index is 0.324. The van der Waals surface area contributed by atoms with E-state index in [4.69, 9.17) is 5.11 Å². The molecule has 0 unspecified atom stereocenters. The topological polar surface area (TPSA) is 67.2 Å². The summed E-state index contributed by atoms with van der Waals surface area (Å²) in [5.74, 6) is -0.882. The van der Waals surface area contributed by atoms with Crippen molar-refractivity contribution in [3.05, 3.63) is 33.3 Å². The number of rotatable bonds is 5. The van der Waals surface area contributed by atoms with Gasteiger partial charge in [0, 0.05) is 22.8 Å². The maximum atomic E-state index is 10.8. The molecule has 2 rings (SSSR count). The number of aromatic nitrogens is 2. The van der Waals surface area contributed by atoms with Crippen LogP contribution in [0, 0.1) is 13.8 Å². The molecule has 6 heteroatoms. The maximum absolute atomic E-state index is 10.8. The predicted molar refractivity (Wildman–Crippen MR) is 80.7 cm³/mol. The van der Waals surface area contributed by atoms with Crippen LogP contribution in [0.25, 0.3) is 0 Å². The monoisotopic (exact) mass is 293 g/mol. The SMILES string of the molecule is Cc1nn(C(C)C)c(C)c1NCc1cc(C(=O)O)cs1. The number of aromatic carboxylic acids is 1. The summed E-state index contributed by atoms with van der Waals surface area (Å²) in [4.78, 5) is 11.8. The van der Waals surface area contributed by atoms with Gasteiger partial charge in [0.15, 0.2) is 0 Å². The first-order chi connectivity index (χ1) is 9.40. The minimum atomic E-state index is -0.882. The van der Waals surface area contributed by atoms with Crippen molar-refractivity contribution < 1.29 is 9.90 Å². The van der Waals surface area contributed by atoms with Crippen LogP contribution in [0.1, 0.15) is 46.5 Å². The van der Waals surface area contributed by atoms with Crippen molar-refractivity contribution in [3.8, 4) is 0 Å². The van der Waals surface area contributed by atoms with Gasteiger partial charge in [-0.15, -0.1) is 11.3 Å². The number of anilines is 1. The van der Waals surface area contributed by atoms with Gasteiger partial charge < -0.3 is 10.4 Å². The number of hydrogen-bond donors (Lipinski definition) is 2. The lowest BCUT2D eigenvalue weighted by Gasteiger charge is -2.09. The molecule has 0 aliphatic carbocycles. The summed E-state index contributed by atoms with van der Waals surface area (Å²) in [5, 5.41) is 18.5. The first kappa shape index (κ1) is 14.6. The summed E-state index contributed by atoms with van der Waals surface area (Å²) < 4.78 is 1.99. The number of hydrogen-bond acceptors (Lipinski definition) is 4. The Morgan fingerprint density at radius 3 is 2.70 bits per heavy atom. The first-order valence-corrected chi connectivity index (χ1v) is 7.38. The number of nitrogens with one attached hydrogen (secondary N) is 1. The molecule has 2 heterocycles. The van der Waals surface area contributed by atoms with Crippen LogP contribution >= 0.6 is 11.3 Å². The van der Waals surface area contributed by atoms with E-state index in [1.165, 1.54) is 11.3 Å². The van der Waals surface area contributed by atoms with Crippen molar-refractivity contribution in [2.24, 2.45) is 0 Å². The van der Waals surface area contributed by atoms with Gasteiger partial charge in [0.05, 0.1) is 22.6 Å². The lowest BCUT2D eigenvalue weighted by Crippen LogP contribution is -2.05. The Morgan fingerprint density at radius 1 is 1.50 bits per heavy atom. The molecular formula is C14H19N3O2S. The molecule has 0 fully saturated rings. The highest BCUT2D eigenvalue weighted by Crippen LogP contribution is 2.24. The Hall–Kier alpha value is -1.82. The lowest BCUT2D eigenvalue weighted by molar-refractivity contribution is 0.0697. The normalized spacial score (nSPS) is 11.1. The highest BCUT2D eigenvalue weighted by molar-refractivity contribution is 7.10. The number of aryl methyl sites for hydroxylation is 1. The van der Waals surface area contributed by atoms with Crippen molar-refractivity contribution in [1.29, 1.82) is 0 Å². The quantitative estimate of drug-likeness (QED) is 0.886. The van der Waals surface area contributed by atoms with E-state index in [0.717, 1.165) is 22.0 Å². The van der Waals surface area contributed by atoms with Gasteiger partial charge in [-0.1, -0.05) is 0 Å². The van der Waals surface area contributed by atoms with Crippen LogP contribution in [0.15, 0.2) is 11.4 Å². The Bertz CT molecular complexity index is 628. The lowest BCUT2D eigenvalue weighted by atomic mass is 10.3. The zero-order chi connectivity index (χ0) is 14.9. The van der Waals surface area contributed by atoms with E-state index in [1.807, 2.05) is 18.5 Å². The number of carboxylic acids is 1. The van der Waals surface area contributed by atoms with Crippen LogP contribution in [0.2, 0.25) is 0 Å². The number of carbonyl (C=O) groups is 1. The highest BCUT2D eigenvalue weighted by atomic mass is 32.1. The second-order valence-corrected chi connectivity index (χ2v) is 6.04. The molecule has 5 nitrogen and oxygen atoms in total. The number of thiophene rings is 1. The molecular weight excluding hydrogens is 274 g/mol. The molecule has 0 saturated carbocycles. The van der Waals surface area contributed by atoms with E-state index in [9.17, 15) is 4.79 Å². The second-order valence-electron chi connectivity index (χ2n) is 5.04. The zero-order valence-electron chi connectivity index (χ0n) is 12.1. The van der Waals surface area contributed by atoms with Crippen LogP contribution in [0.5, 0.6) is 0 Å². The molecule has 0 spiro atoms. The molecule has 0 saturated heterocycles. The van der Waals surface area contributed by atoms with Crippen molar-refractivity contribution in [3.63, 3.8) is 0 Å². The molecule has 0 atom stereocenters. The zero-order valence-corrected chi connectivity index (χ0v) is 12.9. The summed E-state index contributed by atoms with van der Waals surface area (Å²) in [5.41, 5.74) is 3.45. The van der Waals surface area contributed by atoms with E-state index >= 15 is 0 Å². The molecule has 0 aliphatic heterocycles. The van der Waals surface area contributed by atoms with Crippen LogP contribution in [0.3, 0.4) is 0 Å². The summed E-state index contributed by atoms with van der Waals surface area (Å²) in [7, 11) is 0. The Labute approximate surface area is 122 Å². The molecule has 0 radical (unpaired) electrons. The van der Waals surface area contributed by atoms with Gasteiger partial charge >= 0.3 is 5.97 Å². The second kappa shape index (κ2) is 5.66. The van der Waals surface area contributed by atoms with Gasteiger partial charge in [0.1, 0.15) is 0 Å². The third-order valence-corrected chi connectivity index (χ3v) is 4.09. The Balaban J connectivity index is 2.12. The average molecular weight is 293 g/mol. The minimum Gasteiger partial charge on any atom is -0.478 e. The third-order valence-electron chi connectivity index (χ3n) is 3.15. The fraction of sp³-hybridized carbons (Fsp3) is 0.429. The number of carboxylic acid groups (broad SMARTS) is 1. The van der Waals surface area contributed by atoms with E-state index in [1.54, 1.807) is 11.4 Å². The molecule has 0 amide bonds. The molecule has 2 aromatic rings. The van der Waals surface area contributed by atoms with Gasteiger partial charge in [-0.25, -0.2) is 4.79 Å². The molecule has 2 N–H and O–H groups in total. The predicted octanol–water partition coefficient (Wildman–Crippen LogP) is 3.45. The fourth-order valence-electron chi connectivity index (χ4n) is 2.18. The highest BCUT2D eigenvalue weighted by Gasteiger charge is 2.13. The third kappa shape index (κ3) is 2.85. The summed E-state index contributed by atoms with van der Waals surface area (Å²) in [6.07, 6.45) is 0. The van der Waals surface area contributed by atoms with Crippen LogP contribution in [0.4, 0.5) is 5.69 Å². The van der Waals surface area contributed by atoms with Gasteiger partial charge in [0.25, 0.3) is 0 Å². The van der Waals surface area contributed by atoms with Gasteiger partial charge in [0.2, 0.25) is 0 Å². The average Bonchev–Trinajstić information content (AvgIpc) is 2.93. The van der Waals surface area contributed by atoms with E-state index < -0.39 is 5.97 Å². The summed E-state index contributed by atoms with van der Waals surface area (Å²) >= 11 is 1.45. The molecule has 0 aromatic carbocycles. The molecule has 108 valence electrons. The van der Waals surface area contributed by atoms with Gasteiger partial charge in [-0.3, -0.25) is 4.68 Å². The standard InChI is InChI=1S/C14H19N3O2S/c1-8(2)17-10(4)13(9(3)16-17)15-6-12-5-11(7-20-12)14(18)19/h5,7-8,15H,6H2,1-4H3,(H,18,19). The van der Waals surface area contributed by atoms with E-state index in [0.29, 0.717) is 18.2 Å². The largest absolute Gasteiger partial charge is 0.478 e. The maximum Gasteiger partial charge on any atom is 0.336 e. The van der Waals surface area contributed by atoms with Crippen LogP contribution in [-0.2, 0) is 6.54 Å². The van der Waals surface area contributed by atoms with Crippen LogP contribution < -0.4 is 5.32 Å². The van der Waals surface area contributed by atoms with Crippen molar-refractivity contribution in [2.75, 3.05) is 5.32 Å². The van der Waals surface area contributed by atoms with Crippen LogP contribution in [-0.4, -0.2) is 20.9 Å².